The van der Waals surface area contributed by atoms with Crippen molar-refractivity contribution in [1.82, 2.24) is 0 Å². The molecule has 0 saturated heterocycles. The smallest absolute Gasteiger partial charge is 0.138 e. The third kappa shape index (κ3) is 3.22. The average Bonchev–Trinajstić information content (AvgIpc) is 2.30. The zero-order valence-corrected chi connectivity index (χ0v) is 10.0. The van der Waals surface area contributed by atoms with Gasteiger partial charge in [0, 0.05) is 11.3 Å². The van der Waals surface area contributed by atoms with Crippen molar-refractivity contribution in [3.63, 3.8) is 0 Å². The molecule has 0 aliphatic heterocycles. The highest BCUT2D eigenvalue weighted by Crippen LogP contribution is 2.29. The highest BCUT2D eigenvalue weighted by molar-refractivity contribution is 7.99. The van der Waals surface area contributed by atoms with E-state index in [-0.39, 0.29) is 0 Å². The van der Waals surface area contributed by atoms with Crippen molar-refractivity contribution in [3.05, 3.63) is 23.8 Å². The summed E-state index contributed by atoms with van der Waals surface area (Å²) in [5, 5.41) is 9.10. The lowest BCUT2D eigenvalue weighted by Crippen LogP contribution is -1.98. The van der Waals surface area contributed by atoms with Gasteiger partial charge in [0.2, 0.25) is 0 Å². The van der Waals surface area contributed by atoms with Crippen LogP contribution in [0.25, 0.3) is 0 Å². The zero-order chi connectivity index (χ0) is 11.8. The third-order valence-corrected chi connectivity index (χ3v) is 2.84. The molecular formula is C13H13NOS. The van der Waals surface area contributed by atoms with Crippen LogP contribution in [0.1, 0.15) is 18.9 Å². The van der Waals surface area contributed by atoms with E-state index >= 15 is 0 Å². The molecular weight excluding hydrogens is 218 g/mol. The number of nitriles is 1. The molecule has 1 rings (SSSR count). The van der Waals surface area contributed by atoms with E-state index in [1.165, 1.54) is 0 Å². The van der Waals surface area contributed by atoms with Gasteiger partial charge in [-0.05, 0) is 17.9 Å². The van der Waals surface area contributed by atoms with Gasteiger partial charge in [0.15, 0.2) is 0 Å². The fraction of sp³-hybridized carbons (Fsp3) is 0.308. The molecule has 0 bridgehead atoms. The second kappa shape index (κ2) is 6.82. The summed E-state index contributed by atoms with van der Waals surface area (Å²) in [4.78, 5) is 0.961. The van der Waals surface area contributed by atoms with E-state index in [1.54, 1.807) is 17.8 Å². The summed E-state index contributed by atoms with van der Waals surface area (Å²) in [5.41, 5.74) is 0.603. The predicted molar refractivity (Wildman–Crippen MR) is 66.5 cm³/mol. The first-order valence-corrected chi connectivity index (χ1v) is 6.04. The van der Waals surface area contributed by atoms with Crippen molar-refractivity contribution in [2.24, 2.45) is 0 Å². The van der Waals surface area contributed by atoms with E-state index in [0.29, 0.717) is 24.3 Å². The van der Waals surface area contributed by atoms with Gasteiger partial charge in [-0.15, -0.1) is 24.1 Å². The van der Waals surface area contributed by atoms with Gasteiger partial charge in [0.05, 0.1) is 6.61 Å². The van der Waals surface area contributed by atoms with Crippen LogP contribution in [0.15, 0.2) is 23.1 Å². The van der Waals surface area contributed by atoms with Gasteiger partial charge in [-0.2, -0.15) is 5.26 Å². The van der Waals surface area contributed by atoms with Gasteiger partial charge in [-0.25, -0.2) is 0 Å². The molecule has 0 unspecified atom stereocenters. The normalized spacial score (nSPS) is 9.19. The van der Waals surface area contributed by atoms with Gasteiger partial charge in [0.25, 0.3) is 0 Å². The molecule has 0 heterocycles. The summed E-state index contributed by atoms with van der Waals surface area (Å²) >= 11 is 1.64. The van der Waals surface area contributed by atoms with Gasteiger partial charge in [0.1, 0.15) is 17.4 Å². The van der Waals surface area contributed by atoms with Crippen molar-refractivity contribution in [2.45, 2.75) is 18.2 Å². The lowest BCUT2D eigenvalue weighted by molar-refractivity contribution is 0.325. The Hall–Kier alpha value is -1.58. The Morgan fingerprint density at radius 3 is 2.94 bits per heavy atom. The van der Waals surface area contributed by atoms with E-state index in [4.69, 9.17) is 16.4 Å². The predicted octanol–water partition coefficient (Wildman–Crippen LogP) is 3.07. The van der Waals surface area contributed by atoms with Gasteiger partial charge < -0.3 is 4.74 Å². The molecule has 2 nitrogen and oxygen atoms in total. The molecule has 1 aromatic rings. The molecule has 0 fully saturated rings. The summed E-state index contributed by atoms with van der Waals surface area (Å²) in [6.45, 7) is 2.50. The van der Waals surface area contributed by atoms with Crippen LogP contribution in [-0.2, 0) is 0 Å². The fourth-order valence-electron chi connectivity index (χ4n) is 1.24. The average molecular weight is 231 g/mol. The van der Waals surface area contributed by atoms with Crippen molar-refractivity contribution in [3.8, 4) is 24.2 Å². The maximum Gasteiger partial charge on any atom is 0.138 e. The Balaban J connectivity index is 2.88. The molecule has 16 heavy (non-hydrogen) atoms. The van der Waals surface area contributed by atoms with Crippen LogP contribution in [0.4, 0.5) is 0 Å². The molecule has 0 spiro atoms. The molecule has 0 amide bonds. The SMILES string of the molecule is C#CCCOc1cccc(SCC)c1C#N. The monoisotopic (exact) mass is 231 g/mol. The summed E-state index contributed by atoms with van der Waals surface area (Å²) in [7, 11) is 0. The van der Waals surface area contributed by atoms with Crippen LogP contribution in [0.5, 0.6) is 5.75 Å². The highest BCUT2D eigenvalue weighted by atomic mass is 32.2. The minimum atomic E-state index is 0.450. The number of ether oxygens (including phenoxy) is 1. The standard InChI is InChI=1S/C13H13NOS/c1-3-5-9-15-12-7-6-8-13(16-4-2)11(12)10-14/h1,6-8H,4-5,9H2,2H3. The molecule has 0 aromatic heterocycles. The maximum atomic E-state index is 9.10. The van der Waals surface area contributed by atoms with E-state index in [9.17, 15) is 0 Å². The molecule has 0 atom stereocenters. The van der Waals surface area contributed by atoms with Gasteiger partial charge >= 0.3 is 0 Å². The minimum absolute atomic E-state index is 0.450. The number of hydrogen-bond acceptors (Lipinski definition) is 3. The van der Waals surface area contributed by atoms with Crippen LogP contribution >= 0.6 is 11.8 Å². The number of nitrogens with zero attached hydrogens (tertiary/aromatic N) is 1. The number of rotatable bonds is 5. The second-order valence-electron chi connectivity index (χ2n) is 2.98. The Bertz CT molecular complexity index is 429. The first-order valence-electron chi connectivity index (χ1n) is 5.05. The van der Waals surface area contributed by atoms with Crippen molar-refractivity contribution >= 4 is 11.8 Å². The molecule has 0 N–H and O–H groups in total. The largest absolute Gasteiger partial charge is 0.491 e. The summed E-state index contributed by atoms with van der Waals surface area (Å²) < 4.78 is 5.48. The fourth-order valence-corrected chi connectivity index (χ4v) is 2.01. The Morgan fingerprint density at radius 1 is 1.50 bits per heavy atom. The first kappa shape index (κ1) is 12.5. The van der Waals surface area contributed by atoms with Crippen LogP contribution in [0.3, 0.4) is 0 Å². The van der Waals surface area contributed by atoms with Crippen molar-refractivity contribution in [2.75, 3.05) is 12.4 Å². The van der Waals surface area contributed by atoms with Crippen molar-refractivity contribution in [1.29, 1.82) is 5.26 Å². The van der Waals surface area contributed by atoms with Gasteiger partial charge in [-0.1, -0.05) is 13.0 Å². The van der Waals surface area contributed by atoms with Crippen LogP contribution in [-0.4, -0.2) is 12.4 Å². The Kier molecular flexibility index (Phi) is 5.32. The lowest BCUT2D eigenvalue weighted by atomic mass is 10.2. The quantitative estimate of drug-likeness (QED) is 0.443. The summed E-state index contributed by atoms with van der Waals surface area (Å²) in [5.74, 6) is 4.06. The molecule has 0 aliphatic rings. The summed E-state index contributed by atoms with van der Waals surface area (Å²) in [6, 6.07) is 7.80. The molecule has 0 radical (unpaired) electrons. The van der Waals surface area contributed by atoms with Crippen LogP contribution in [0.2, 0.25) is 0 Å². The van der Waals surface area contributed by atoms with E-state index in [2.05, 4.69) is 18.9 Å². The zero-order valence-electron chi connectivity index (χ0n) is 9.19. The highest BCUT2D eigenvalue weighted by Gasteiger charge is 2.08. The lowest BCUT2D eigenvalue weighted by Gasteiger charge is -2.09. The molecule has 3 heteroatoms. The van der Waals surface area contributed by atoms with Crippen LogP contribution < -0.4 is 4.74 Å². The van der Waals surface area contributed by atoms with Crippen molar-refractivity contribution < 1.29 is 4.74 Å². The number of terminal acetylenes is 1. The molecule has 1 aromatic carbocycles. The topological polar surface area (TPSA) is 33.0 Å². The van der Waals surface area contributed by atoms with E-state index in [0.717, 1.165) is 10.6 Å². The van der Waals surface area contributed by atoms with E-state index in [1.807, 2.05) is 12.1 Å². The Labute approximate surface area is 101 Å². The molecule has 0 aliphatic carbocycles. The minimum Gasteiger partial charge on any atom is -0.491 e. The molecule has 82 valence electrons. The van der Waals surface area contributed by atoms with Crippen LogP contribution in [0, 0.1) is 23.7 Å². The Morgan fingerprint density at radius 2 is 2.31 bits per heavy atom. The number of hydrogen-bond donors (Lipinski definition) is 0. The third-order valence-electron chi connectivity index (χ3n) is 1.90. The number of thioether (sulfide) groups is 1. The van der Waals surface area contributed by atoms with E-state index < -0.39 is 0 Å². The van der Waals surface area contributed by atoms with Gasteiger partial charge in [-0.3, -0.25) is 0 Å². The molecule has 0 saturated carbocycles. The summed E-state index contributed by atoms with van der Waals surface area (Å²) in [6.07, 6.45) is 5.69. The number of benzene rings is 1. The second-order valence-corrected chi connectivity index (χ2v) is 4.28. The first-order chi connectivity index (χ1) is 7.83. The maximum absolute atomic E-state index is 9.10.